The number of carboxylic acids is 1. The standard InChI is InChI=1S/C9H15N5O3/c10-7(9(16)17)3-8(15)14-2-1-6(5-14)4-12-13-11/h6-7H,1-5,10H2,(H,16,17)/t6?,7-/m0/s1. The summed E-state index contributed by atoms with van der Waals surface area (Å²) < 4.78 is 0. The van der Waals surface area contributed by atoms with Gasteiger partial charge in [-0.3, -0.25) is 9.59 Å². The molecule has 17 heavy (non-hydrogen) atoms. The molecule has 0 saturated carbocycles. The number of amides is 1. The van der Waals surface area contributed by atoms with E-state index in [0.717, 1.165) is 6.42 Å². The first-order valence-corrected chi connectivity index (χ1v) is 5.31. The van der Waals surface area contributed by atoms with Crippen LogP contribution < -0.4 is 5.73 Å². The molecule has 94 valence electrons. The van der Waals surface area contributed by atoms with Crippen molar-refractivity contribution >= 4 is 11.9 Å². The van der Waals surface area contributed by atoms with Gasteiger partial charge >= 0.3 is 5.97 Å². The molecule has 0 spiro atoms. The fourth-order valence-corrected chi connectivity index (χ4v) is 1.76. The summed E-state index contributed by atoms with van der Waals surface area (Å²) in [7, 11) is 0. The lowest BCUT2D eigenvalue weighted by Crippen LogP contribution is -2.38. The molecule has 1 unspecified atom stereocenters. The van der Waals surface area contributed by atoms with Crippen molar-refractivity contribution in [2.75, 3.05) is 19.6 Å². The quantitative estimate of drug-likeness (QED) is 0.396. The van der Waals surface area contributed by atoms with Gasteiger partial charge in [0.2, 0.25) is 5.91 Å². The number of aliphatic carboxylic acids is 1. The van der Waals surface area contributed by atoms with E-state index in [1.807, 2.05) is 0 Å². The van der Waals surface area contributed by atoms with Crippen molar-refractivity contribution < 1.29 is 14.7 Å². The minimum Gasteiger partial charge on any atom is -0.480 e. The van der Waals surface area contributed by atoms with Crippen molar-refractivity contribution in [2.45, 2.75) is 18.9 Å². The van der Waals surface area contributed by atoms with E-state index < -0.39 is 12.0 Å². The number of hydrogen-bond donors (Lipinski definition) is 2. The van der Waals surface area contributed by atoms with E-state index in [1.54, 1.807) is 4.90 Å². The number of likely N-dealkylation sites (tertiary alicyclic amines) is 1. The summed E-state index contributed by atoms with van der Waals surface area (Å²) in [5.74, 6) is -1.28. The van der Waals surface area contributed by atoms with Crippen LogP contribution in [0.2, 0.25) is 0 Å². The van der Waals surface area contributed by atoms with Gasteiger partial charge in [0.25, 0.3) is 0 Å². The minimum absolute atomic E-state index is 0.163. The zero-order valence-corrected chi connectivity index (χ0v) is 9.32. The summed E-state index contributed by atoms with van der Waals surface area (Å²) in [6.07, 6.45) is 0.580. The third-order valence-electron chi connectivity index (χ3n) is 2.75. The number of nitrogens with two attached hydrogens (primary N) is 1. The van der Waals surface area contributed by atoms with Crippen LogP contribution in [0.3, 0.4) is 0 Å². The molecular weight excluding hydrogens is 226 g/mol. The maximum Gasteiger partial charge on any atom is 0.321 e. The van der Waals surface area contributed by atoms with Crippen LogP contribution in [0.15, 0.2) is 5.11 Å². The first-order chi connectivity index (χ1) is 8.04. The SMILES string of the molecule is [N-]=[N+]=NCC1CCN(C(=O)C[C@H](N)C(=O)O)C1. The Morgan fingerprint density at radius 2 is 2.35 bits per heavy atom. The molecule has 0 aromatic carbocycles. The third-order valence-corrected chi connectivity index (χ3v) is 2.75. The van der Waals surface area contributed by atoms with Gasteiger partial charge in [-0.1, -0.05) is 5.11 Å². The van der Waals surface area contributed by atoms with Crippen LogP contribution in [0.25, 0.3) is 10.4 Å². The fraction of sp³-hybridized carbons (Fsp3) is 0.778. The average Bonchev–Trinajstić information content (AvgIpc) is 2.74. The molecule has 0 aromatic rings. The predicted molar refractivity (Wildman–Crippen MR) is 58.9 cm³/mol. The number of hydrogen-bond acceptors (Lipinski definition) is 4. The normalized spacial score (nSPS) is 20.8. The van der Waals surface area contributed by atoms with Gasteiger partial charge in [0.15, 0.2) is 0 Å². The third kappa shape index (κ3) is 3.93. The molecule has 1 saturated heterocycles. The van der Waals surface area contributed by atoms with E-state index in [1.165, 1.54) is 0 Å². The minimum atomic E-state index is -1.18. The lowest BCUT2D eigenvalue weighted by Gasteiger charge is -2.17. The molecule has 1 heterocycles. The Morgan fingerprint density at radius 3 is 2.94 bits per heavy atom. The lowest BCUT2D eigenvalue weighted by atomic mass is 10.1. The zero-order valence-electron chi connectivity index (χ0n) is 9.32. The smallest absolute Gasteiger partial charge is 0.321 e. The fourth-order valence-electron chi connectivity index (χ4n) is 1.76. The van der Waals surface area contributed by atoms with Crippen LogP contribution in [-0.4, -0.2) is 47.6 Å². The van der Waals surface area contributed by atoms with E-state index in [-0.39, 0.29) is 18.2 Å². The molecule has 8 heteroatoms. The monoisotopic (exact) mass is 241 g/mol. The second-order valence-corrected chi connectivity index (χ2v) is 4.06. The topological polar surface area (TPSA) is 132 Å². The van der Waals surface area contributed by atoms with Crippen molar-refractivity contribution in [1.82, 2.24) is 4.90 Å². The molecule has 2 atom stereocenters. The number of azide groups is 1. The highest BCUT2D eigenvalue weighted by atomic mass is 16.4. The van der Waals surface area contributed by atoms with E-state index in [4.69, 9.17) is 16.4 Å². The zero-order chi connectivity index (χ0) is 12.8. The number of carboxylic acid groups (broad SMARTS) is 1. The summed E-state index contributed by atoms with van der Waals surface area (Å²) in [5.41, 5.74) is 13.5. The molecular formula is C9H15N5O3. The summed E-state index contributed by atoms with van der Waals surface area (Å²) in [6.45, 7) is 1.44. The number of carbonyl (C=O) groups is 2. The second kappa shape index (κ2) is 6.07. The molecule has 1 aliphatic heterocycles. The van der Waals surface area contributed by atoms with Crippen LogP contribution in [-0.2, 0) is 9.59 Å². The summed E-state index contributed by atoms with van der Waals surface area (Å²) in [6, 6.07) is -1.15. The predicted octanol–water partition coefficient (Wildman–Crippen LogP) is -0.0528. The van der Waals surface area contributed by atoms with Crippen LogP contribution >= 0.6 is 0 Å². The van der Waals surface area contributed by atoms with Crippen LogP contribution in [0.5, 0.6) is 0 Å². The van der Waals surface area contributed by atoms with E-state index >= 15 is 0 Å². The van der Waals surface area contributed by atoms with Crippen molar-refractivity contribution in [2.24, 2.45) is 16.8 Å². The second-order valence-electron chi connectivity index (χ2n) is 4.06. The Bertz CT molecular complexity index is 353. The molecule has 0 aromatic heterocycles. The molecule has 0 bridgehead atoms. The van der Waals surface area contributed by atoms with Crippen LogP contribution in [0, 0.1) is 5.92 Å². The molecule has 1 aliphatic rings. The Kier molecular flexibility index (Phi) is 4.74. The molecule has 1 rings (SSSR count). The van der Waals surface area contributed by atoms with Gasteiger partial charge in [0.1, 0.15) is 6.04 Å². The molecule has 0 aliphatic carbocycles. The number of rotatable bonds is 5. The first-order valence-electron chi connectivity index (χ1n) is 5.31. The molecule has 1 fully saturated rings. The van der Waals surface area contributed by atoms with Gasteiger partial charge in [0.05, 0.1) is 6.42 Å². The van der Waals surface area contributed by atoms with Crippen molar-refractivity contribution in [3.05, 3.63) is 10.4 Å². The Morgan fingerprint density at radius 1 is 1.65 bits per heavy atom. The van der Waals surface area contributed by atoms with Crippen molar-refractivity contribution in [3.63, 3.8) is 0 Å². The highest BCUT2D eigenvalue weighted by Crippen LogP contribution is 2.17. The summed E-state index contributed by atoms with van der Waals surface area (Å²) in [4.78, 5) is 26.4. The van der Waals surface area contributed by atoms with Crippen molar-refractivity contribution in [3.8, 4) is 0 Å². The van der Waals surface area contributed by atoms with E-state index in [0.29, 0.717) is 19.6 Å². The Balaban J connectivity index is 2.40. The van der Waals surface area contributed by atoms with E-state index in [2.05, 4.69) is 10.0 Å². The van der Waals surface area contributed by atoms with Crippen molar-refractivity contribution in [1.29, 1.82) is 0 Å². The van der Waals surface area contributed by atoms with Crippen LogP contribution in [0.1, 0.15) is 12.8 Å². The average molecular weight is 241 g/mol. The van der Waals surface area contributed by atoms with E-state index in [9.17, 15) is 9.59 Å². The Labute approximate surface area is 98.0 Å². The number of nitrogens with zero attached hydrogens (tertiary/aromatic N) is 4. The van der Waals surface area contributed by atoms with Gasteiger partial charge in [-0.05, 0) is 17.9 Å². The lowest BCUT2D eigenvalue weighted by molar-refractivity contribution is -0.142. The van der Waals surface area contributed by atoms with Gasteiger partial charge in [0, 0.05) is 24.5 Å². The van der Waals surface area contributed by atoms with Crippen LogP contribution in [0.4, 0.5) is 0 Å². The highest BCUT2D eigenvalue weighted by Gasteiger charge is 2.27. The summed E-state index contributed by atoms with van der Waals surface area (Å²) >= 11 is 0. The largest absolute Gasteiger partial charge is 0.480 e. The van der Waals surface area contributed by atoms with Gasteiger partial charge in [-0.25, -0.2) is 0 Å². The van der Waals surface area contributed by atoms with Gasteiger partial charge in [-0.15, -0.1) is 0 Å². The van der Waals surface area contributed by atoms with Gasteiger partial charge < -0.3 is 15.7 Å². The molecule has 0 radical (unpaired) electrons. The molecule has 1 amide bonds. The number of carbonyl (C=O) groups excluding carboxylic acids is 1. The maximum atomic E-state index is 11.7. The van der Waals surface area contributed by atoms with Gasteiger partial charge in [-0.2, -0.15) is 0 Å². The molecule has 3 N–H and O–H groups in total. The molecule has 8 nitrogen and oxygen atoms in total. The summed E-state index contributed by atoms with van der Waals surface area (Å²) in [5, 5.41) is 12.1. The Hall–Kier alpha value is -1.79. The highest BCUT2D eigenvalue weighted by molar-refractivity contribution is 5.84. The maximum absolute atomic E-state index is 11.7. The first kappa shape index (κ1) is 13.3.